The summed E-state index contributed by atoms with van der Waals surface area (Å²) in [6.45, 7) is 1.15. The lowest BCUT2D eigenvalue weighted by atomic mass is 9.95. The average molecular weight is 367 g/mol. The van der Waals surface area contributed by atoms with E-state index in [0.29, 0.717) is 25.1 Å². The lowest BCUT2D eigenvalue weighted by molar-refractivity contribution is -0.115. The molecule has 0 aromatic heterocycles. The molecule has 2 aliphatic rings. The van der Waals surface area contributed by atoms with Gasteiger partial charge in [-0.15, -0.1) is 11.8 Å². The molecule has 2 aromatic carbocycles. The molecule has 2 aromatic rings. The Balaban J connectivity index is 1.54. The molecule has 0 spiro atoms. The lowest BCUT2D eigenvalue weighted by Crippen LogP contribution is -2.32. The molecule has 6 heteroatoms. The fourth-order valence-corrected chi connectivity index (χ4v) is 4.52. The van der Waals surface area contributed by atoms with Crippen LogP contribution in [0.25, 0.3) is 0 Å². The molecule has 2 atom stereocenters. The normalized spacial score (nSPS) is 22.5. The van der Waals surface area contributed by atoms with Crippen molar-refractivity contribution < 1.29 is 9.59 Å². The van der Waals surface area contributed by atoms with Gasteiger partial charge in [0.2, 0.25) is 5.91 Å². The van der Waals surface area contributed by atoms with E-state index in [1.165, 1.54) is 5.56 Å². The van der Waals surface area contributed by atoms with Crippen molar-refractivity contribution in [1.29, 1.82) is 0 Å². The summed E-state index contributed by atoms with van der Waals surface area (Å²) in [5.74, 6) is 0.862. The van der Waals surface area contributed by atoms with Crippen molar-refractivity contribution in [2.24, 2.45) is 5.73 Å². The Hall–Kier alpha value is -2.31. The molecule has 3 N–H and O–H groups in total. The van der Waals surface area contributed by atoms with E-state index in [9.17, 15) is 9.59 Å². The summed E-state index contributed by atoms with van der Waals surface area (Å²) in [5.41, 5.74) is 8.80. The van der Waals surface area contributed by atoms with Crippen molar-refractivity contribution in [3.63, 3.8) is 0 Å². The van der Waals surface area contributed by atoms with Crippen LogP contribution < -0.4 is 11.1 Å². The van der Waals surface area contributed by atoms with E-state index in [2.05, 4.69) is 17.4 Å². The fraction of sp³-hybridized carbons (Fsp3) is 0.300. The number of nitrogens with two attached hydrogens (primary N) is 1. The molecule has 5 nitrogen and oxygen atoms in total. The second kappa shape index (κ2) is 7.13. The van der Waals surface area contributed by atoms with Gasteiger partial charge in [-0.1, -0.05) is 30.3 Å². The third-order valence-corrected chi connectivity index (χ3v) is 6.04. The van der Waals surface area contributed by atoms with Gasteiger partial charge in [0.05, 0.1) is 5.69 Å². The summed E-state index contributed by atoms with van der Waals surface area (Å²) >= 11 is 1.64. The topological polar surface area (TPSA) is 75.4 Å². The number of thioether (sulfide) groups is 1. The first kappa shape index (κ1) is 17.1. The van der Waals surface area contributed by atoms with Gasteiger partial charge in [0.15, 0.2) is 0 Å². The predicted molar refractivity (Wildman–Crippen MR) is 103 cm³/mol. The second-order valence-corrected chi connectivity index (χ2v) is 7.89. The summed E-state index contributed by atoms with van der Waals surface area (Å²) in [6, 6.07) is 15.6. The Labute approximate surface area is 156 Å². The third kappa shape index (κ3) is 3.34. The van der Waals surface area contributed by atoms with Gasteiger partial charge in [0.1, 0.15) is 0 Å². The summed E-state index contributed by atoms with van der Waals surface area (Å²) in [6.07, 6.45) is 0.488. The van der Waals surface area contributed by atoms with Gasteiger partial charge in [-0.2, -0.15) is 0 Å². The van der Waals surface area contributed by atoms with Gasteiger partial charge in [-0.25, -0.2) is 0 Å². The van der Waals surface area contributed by atoms with E-state index in [0.717, 1.165) is 16.3 Å². The van der Waals surface area contributed by atoms with Crippen LogP contribution in [0.3, 0.4) is 0 Å². The van der Waals surface area contributed by atoms with Crippen LogP contribution in [-0.2, 0) is 4.79 Å². The summed E-state index contributed by atoms with van der Waals surface area (Å²) < 4.78 is 0. The number of likely N-dealkylation sites (tertiary alicyclic amines) is 1. The van der Waals surface area contributed by atoms with Gasteiger partial charge in [0.25, 0.3) is 5.91 Å². The molecular formula is C20H21N3O2S. The molecule has 4 rings (SSSR count). The molecule has 1 saturated heterocycles. The minimum Gasteiger partial charge on any atom is -0.336 e. The van der Waals surface area contributed by atoms with E-state index in [4.69, 9.17) is 5.73 Å². The highest BCUT2D eigenvalue weighted by Crippen LogP contribution is 2.33. The smallest absolute Gasteiger partial charge is 0.254 e. The number of carbonyl (C=O) groups excluding carboxylic acids is 2. The van der Waals surface area contributed by atoms with Crippen LogP contribution in [-0.4, -0.2) is 41.6 Å². The highest BCUT2D eigenvalue weighted by Gasteiger charge is 2.34. The molecule has 2 heterocycles. The van der Waals surface area contributed by atoms with Crippen molar-refractivity contribution in [3.8, 4) is 0 Å². The predicted octanol–water partition coefficient (Wildman–Crippen LogP) is 2.69. The molecule has 0 unspecified atom stereocenters. The van der Waals surface area contributed by atoms with Gasteiger partial charge in [-0.3, -0.25) is 9.59 Å². The van der Waals surface area contributed by atoms with Crippen LogP contribution in [0.2, 0.25) is 0 Å². The second-order valence-electron chi connectivity index (χ2n) is 6.75. The molecule has 134 valence electrons. The van der Waals surface area contributed by atoms with E-state index in [1.54, 1.807) is 17.8 Å². The zero-order valence-electron chi connectivity index (χ0n) is 14.4. The summed E-state index contributed by atoms with van der Waals surface area (Å²) in [4.78, 5) is 27.6. The Morgan fingerprint density at radius 1 is 1.15 bits per heavy atom. The minimum atomic E-state index is -0.0718. The quantitative estimate of drug-likeness (QED) is 0.856. The van der Waals surface area contributed by atoms with Crippen LogP contribution in [0.5, 0.6) is 0 Å². The Morgan fingerprint density at radius 3 is 2.77 bits per heavy atom. The lowest BCUT2D eigenvalue weighted by Gasteiger charge is -2.17. The third-order valence-electron chi connectivity index (χ3n) is 4.97. The number of amides is 2. The van der Waals surface area contributed by atoms with Crippen molar-refractivity contribution in [3.05, 3.63) is 59.7 Å². The molecule has 1 fully saturated rings. The largest absolute Gasteiger partial charge is 0.336 e. The summed E-state index contributed by atoms with van der Waals surface area (Å²) in [5, 5.41) is 2.90. The minimum absolute atomic E-state index is 0.00631. The maximum atomic E-state index is 13.0. The first-order valence-electron chi connectivity index (χ1n) is 8.78. The van der Waals surface area contributed by atoms with Crippen LogP contribution in [0.15, 0.2) is 53.4 Å². The fourth-order valence-electron chi connectivity index (χ4n) is 3.58. The highest BCUT2D eigenvalue weighted by atomic mass is 32.2. The Bertz CT molecular complexity index is 840. The molecule has 0 bridgehead atoms. The maximum Gasteiger partial charge on any atom is 0.254 e. The number of carbonyl (C=O) groups is 2. The molecule has 0 aliphatic carbocycles. The standard InChI is InChI=1S/C20H21N3O2S/c21-16-12-23(11-15(16)13-4-2-1-3-5-13)20(25)14-6-7-18-17(10-14)22-19(24)8-9-26-18/h1-7,10,15-16H,8-9,11-12,21H2,(H,22,24)/t15-,16+/m0/s1. The molecule has 0 radical (unpaired) electrons. The van der Waals surface area contributed by atoms with Crippen LogP contribution in [0, 0.1) is 0 Å². The number of anilines is 1. The molecule has 0 saturated carbocycles. The number of fused-ring (bicyclic) bond motifs is 1. The zero-order valence-corrected chi connectivity index (χ0v) is 15.2. The van der Waals surface area contributed by atoms with E-state index >= 15 is 0 Å². The van der Waals surface area contributed by atoms with E-state index < -0.39 is 0 Å². The van der Waals surface area contributed by atoms with Crippen molar-refractivity contribution in [2.45, 2.75) is 23.3 Å². The maximum absolute atomic E-state index is 13.0. The number of hydrogen-bond donors (Lipinski definition) is 2. The van der Waals surface area contributed by atoms with Gasteiger partial charge in [-0.05, 0) is 23.8 Å². The van der Waals surface area contributed by atoms with Crippen LogP contribution in [0.1, 0.15) is 28.3 Å². The SMILES string of the molecule is N[C@@H]1CN(C(=O)c2ccc3c(c2)NC(=O)CCS3)C[C@H]1c1ccccc1. The highest BCUT2D eigenvalue weighted by molar-refractivity contribution is 7.99. The number of rotatable bonds is 2. The molecule has 2 amide bonds. The molecular weight excluding hydrogens is 346 g/mol. The molecule has 26 heavy (non-hydrogen) atoms. The van der Waals surface area contributed by atoms with Crippen molar-refractivity contribution >= 4 is 29.3 Å². The van der Waals surface area contributed by atoms with E-state index in [1.807, 2.05) is 35.2 Å². The first-order chi connectivity index (χ1) is 12.6. The Morgan fingerprint density at radius 2 is 1.96 bits per heavy atom. The molecule has 2 aliphatic heterocycles. The van der Waals surface area contributed by atoms with Crippen molar-refractivity contribution in [2.75, 3.05) is 24.2 Å². The number of nitrogens with zero attached hydrogens (tertiary/aromatic N) is 1. The van der Waals surface area contributed by atoms with Gasteiger partial charge >= 0.3 is 0 Å². The van der Waals surface area contributed by atoms with Gasteiger partial charge < -0.3 is 16.0 Å². The van der Waals surface area contributed by atoms with Crippen LogP contribution in [0.4, 0.5) is 5.69 Å². The monoisotopic (exact) mass is 367 g/mol. The first-order valence-corrected chi connectivity index (χ1v) is 9.77. The van der Waals surface area contributed by atoms with Crippen molar-refractivity contribution in [1.82, 2.24) is 4.90 Å². The summed E-state index contributed by atoms with van der Waals surface area (Å²) in [7, 11) is 0. The number of hydrogen-bond acceptors (Lipinski definition) is 4. The van der Waals surface area contributed by atoms with E-state index in [-0.39, 0.29) is 23.8 Å². The van der Waals surface area contributed by atoms with Crippen LogP contribution >= 0.6 is 11.8 Å². The zero-order chi connectivity index (χ0) is 18.1. The number of nitrogens with one attached hydrogen (secondary N) is 1. The average Bonchev–Trinajstić information content (AvgIpc) is 2.94. The number of benzene rings is 2. The van der Waals surface area contributed by atoms with Gasteiger partial charge in [0, 0.05) is 47.7 Å². The Kier molecular flexibility index (Phi) is 4.70.